The summed E-state index contributed by atoms with van der Waals surface area (Å²) in [6.45, 7) is 2.13. The van der Waals surface area contributed by atoms with Crippen LogP contribution in [0.2, 0.25) is 0 Å². The number of ether oxygens (including phenoxy) is 1. The highest BCUT2D eigenvalue weighted by molar-refractivity contribution is 5.99. The molecule has 0 unspecified atom stereocenters. The zero-order valence-corrected chi connectivity index (χ0v) is 17.3. The van der Waals surface area contributed by atoms with Crippen molar-refractivity contribution < 1.29 is 9.53 Å². The number of fused-ring (bicyclic) bond motifs is 1. The first-order chi connectivity index (χ1) is 14.7. The van der Waals surface area contributed by atoms with Crippen molar-refractivity contribution in [2.45, 2.75) is 44.4 Å². The topological polar surface area (TPSA) is 60.2 Å². The third-order valence-electron chi connectivity index (χ3n) is 7.34. The summed E-state index contributed by atoms with van der Waals surface area (Å²) >= 11 is 0. The molecule has 6 rings (SSSR count). The molecule has 0 bridgehead atoms. The molecule has 3 heterocycles. The van der Waals surface area contributed by atoms with Crippen molar-refractivity contribution >= 4 is 22.7 Å². The first-order valence-electron chi connectivity index (χ1n) is 11.0. The molecule has 6 nitrogen and oxygen atoms in total. The van der Waals surface area contributed by atoms with E-state index < -0.39 is 5.97 Å². The standard InChI is InChI=1S/C24H26N4O2/c1-30-23(29)18-13-19(27-14-24(15-27)11-6-12-24)20-21(16-7-5-8-16)26-28(22(20)25-18)17-9-3-2-4-10-17/h2-4,9-10,13,16H,5-8,11-12,14-15H2,1H3. The first kappa shape index (κ1) is 17.9. The fraction of sp³-hybridized carbons (Fsp3) is 0.458. The second kappa shape index (κ2) is 6.56. The molecule has 1 aromatic carbocycles. The molecule has 1 saturated heterocycles. The molecule has 2 aromatic heterocycles. The van der Waals surface area contributed by atoms with Gasteiger partial charge in [0.1, 0.15) is 0 Å². The van der Waals surface area contributed by atoms with Gasteiger partial charge in [0.15, 0.2) is 11.3 Å². The maximum absolute atomic E-state index is 12.5. The maximum Gasteiger partial charge on any atom is 0.356 e. The van der Waals surface area contributed by atoms with E-state index in [0.29, 0.717) is 17.0 Å². The molecule has 2 saturated carbocycles. The summed E-state index contributed by atoms with van der Waals surface area (Å²) in [5, 5.41) is 6.17. The number of anilines is 1. The Labute approximate surface area is 175 Å². The maximum atomic E-state index is 12.5. The molecule has 0 N–H and O–H groups in total. The third-order valence-corrected chi connectivity index (χ3v) is 7.34. The molecule has 0 atom stereocenters. The number of para-hydroxylation sites is 1. The highest BCUT2D eigenvalue weighted by Crippen LogP contribution is 2.51. The van der Waals surface area contributed by atoms with Crippen LogP contribution in [-0.2, 0) is 4.74 Å². The molecule has 1 spiro atoms. The minimum atomic E-state index is -0.400. The minimum absolute atomic E-state index is 0.354. The number of hydrogen-bond donors (Lipinski definition) is 0. The lowest BCUT2D eigenvalue weighted by Crippen LogP contribution is -2.60. The molecule has 0 radical (unpaired) electrons. The van der Waals surface area contributed by atoms with E-state index in [0.717, 1.165) is 41.2 Å². The molecule has 30 heavy (non-hydrogen) atoms. The number of aromatic nitrogens is 3. The van der Waals surface area contributed by atoms with Crippen LogP contribution in [0.5, 0.6) is 0 Å². The van der Waals surface area contributed by atoms with Gasteiger partial charge in [-0.05, 0) is 43.9 Å². The zero-order chi connectivity index (χ0) is 20.3. The Morgan fingerprint density at radius 2 is 1.90 bits per heavy atom. The van der Waals surface area contributed by atoms with Crippen molar-refractivity contribution in [3.8, 4) is 5.69 Å². The molecule has 3 fully saturated rings. The number of hydrogen-bond acceptors (Lipinski definition) is 5. The Morgan fingerprint density at radius 3 is 2.50 bits per heavy atom. The summed E-state index contributed by atoms with van der Waals surface area (Å²) in [4.78, 5) is 19.6. The van der Waals surface area contributed by atoms with Gasteiger partial charge in [0.05, 0.1) is 29.6 Å². The number of carbonyl (C=O) groups is 1. The van der Waals surface area contributed by atoms with Crippen molar-refractivity contribution in [3.63, 3.8) is 0 Å². The monoisotopic (exact) mass is 402 g/mol. The summed E-state index contributed by atoms with van der Waals surface area (Å²) in [5.41, 5.74) is 4.80. The highest BCUT2D eigenvalue weighted by Gasteiger charge is 2.48. The Hall–Kier alpha value is -2.89. The number of benzene rings is 1. The average Bonchev–Trinajstić information content (AvgIpc) is 3.03. The van der Waals surface area contributed by atoms with Gasteiger partial charge in [0.25, 0.3) is 0 Å². The number of esters is 1. The van der Waals surface area contributed by atoms with Gasteiger partial charge in [-0.25, -0.2) is 14.5 Å². The van der Waals surface area contributed by atoms with E-state index in [4.69, 9.17) is 14.8 Å². The van der Waals surface area contributed by atoms with Crippen LogP contribution in [0.3, 0.4) is 0 Å². The molecule has 3 aromatic rings. The van der Waals surface area contributed by atoms with E-state index in [1.54, 1.807) is 0 Å². The van der Waals surface area contributed by atoms with Gasteiger partial charge in [0.2, 0.25) is 0 Å². The van der Waals surface area contributed by atoms with Crippen LogP contribution < -0.4 is 4.90 Å². The van der Waals surface area contributed by atoms with Crippen molar-refractivity contribution in [2.75, 3.05) is 25.1 Å². The van der Waals surface area contributed by atoms with Crippen LogP contribution >= 0.6 is 0 Å². The zero-order valence-electron chi connectivity index (χ0n) is 17.3. The van der Waals surface area contributed by atoms with Crippen molar-refractivity contribution in [3.05, 3.63) is 47.8 Å². The van der Waals surface area contributed by atoms with E-state index in [2.05, 4.69) is 4.90 Å². The number of methoxy groups -OCH3 is 1. The summed E-state index contributed by atoms with van der Waals surface area (Å²) < 4.78 is 6.94. The number of carbonyl (C=O) groups excluding carboxylic acids is 1. The molecule has 0 amide bonds. The fourth-order valence-corrected chi connectivity index (χ4v) is 5.22. The minimum Gasteiger partial charge on any atom is -0.464 e. The van der Waals surface area contributed by atoms with Crippen molar-refractivity contribution in [2.24, 2.45) is 5.41 Å². The summed E-state index contributed by atoms with van der Waals surface area (Å²) in [6.07, 6.45) is 7.57. The number of pyridine rings is 1. The van der Waals surface area contributed by atoms with Crippen LogP contribution in [0, 0.1) is 5.41 Å². The molecular weight excluding hydrogens is 376 g/mol. The van der Waals surface area contributed by atoms with Crippen molar-refractivity contribution in [1.29, 1.82) is 0 Å². The van der Waals surface area contributed by atoms with E-state index in [1.807, 2.05) is 41.1 Å². The average molecular weight is 402 g/mol. The summed E-state index contributed by atoms with van der Waals surface area (Å²) in [6, 6.07) is 12.0. The third kappa shape index (κ3) is 2.59. The lowest BCUT2D eigenvalue weighted by Gasteiger charge is -2.57. The number of rotatable bonds is 4. The van der Waals surface area contributed by atoms with Crippen LogP contribution in [0.25, 0.3) is 16.7 Å². The largest absolute Gasteiger partial charge is 0.464 e. The first-order valence-corrected chi connectivity index (χ1v) is 11.0. The van der Waals surface area contributed by atoms with E-state index in [-0.39, 0.29) is 0 Å². The van der Waals surface area contributed by atoms with Gasteiger partial charge in [-0.3, -0.25) is 0 Å². The van der Waals surface area contributed by atoms with Gasteiger partial charge in [-0.1, -0.05) is 31.0 Å². The van der Waals surface area contributed by atoms with E-state index in [9.17, 15) is 4.79 Å². The van der Waals surface area contributed by atoms with Gasteiger partial charge in [0, 0.05) is 24.4 Å². The molecule has 1 aliphatic heterocycles. The lowest BCUT2D eigenvalue weighted by atomic mass is 9.63. The lowest BCUT2D eigenvalue weighted by molar-refractivity contribution is 0.0594. The predicted molar refractivity (Wildman–Crippen MR) is 115 cm³/mol. The molecule has 2 aliphatic carbocycles. The van der Waals surface area contributed by atoms with E-state index in [1.165, 1.54) is 45.6 Å². The van der Waals surface area contributed by atoms with Gasteiger partial charge < -0.3 is 9.64 Å². The second-order valence-corrected chi connectivity index (χ2v) is 9.19. The highest BCUT2D eigenvalue weighted by atomic mass is 16.5. The summed E-state index contributed by atoms with van der Waals surface area (Å²) in [7, 11) is 1.41. The Kier molecular flexibility index (Phi) is 3.92. The Bertz CT molecular complexity index is 1120. The molecule has 3 aliphatic rings. The smallest absolute Gasteiger partial charge is 0.356 e. The second-order valence-electron chi connectivity index (χ2n) is 9.19. The van der Waals surface area contributed by atoms with Gasteiger partial charge >= 0.3 is 5.97 Å². The van der Waals surface area contributed by atoms with Crippen LogP contribution in [0.4, 0.5) is 5.69 Å². The predicted octanol–water partition coefficient (Wildman–Crippen LogP) is 4.46. The molecule has 6 heteroatoms. The van der Waals surface area contributed by atoms with Crippen LogP contribution in [0.15, 0.2) is 36.4 Å². The molecule has 154 valence electrons. The molecular formula is C24H26N4O2. The quantitative estimate of drug-likeness (QED) is 0.603. The van der Waals surface area contributed by atoms with E-state index >= 15 is 0 Å². The normalized spacial score (nSPS) is 20.0. The summed E-state index contributed by atoms with van der Waals surface area (Å²) in [5.74, 6) is 0.0731. The van der Waals surface area contributed by atoms with Gasteiger partial charge in [-0.2, -0.15) is 5.10 Å². The fourth-order valence-electron chi connectivity index (χ4n) is 5.22. The number of nitrogens with zero attached hydrogens (tertiary/aromatic N) is 4. The SMILES string of the molecule is COC(=O)c1cc(N2CC3(CCC3)C2)c2c(C3CCC3)nn(-c3ccccc3)c2n1. The van der Waals surface area contributed by atoms with Crippen LogP contribution in [-0.4, -0.2) is 40.9 Å². The van der Waals surface area contributed by atoms with Crippen LogP contribution in [0.1, 0.15) is 60.6 Å². The van der Waals surface area contributed by atoms with Gasteiger partial charge in [-0.15, -0.1) is 0 Å². The van der Waals surface area contributed by atoms with Crippen molar-refractivity contribution in [1.82, 2.24) is 14.8 Å². The Balaban J connectivity index is 1.57. The Morgan fingerprint density at radius 1 is 1.13 bits per heavy atom.